The van der Waals surface area contributed by atoms with Crippen LogP contribution in [-0.4, -0.2) is 188 Å². The fourth-order valence-electron chi connectivity index (χ4n) is 18.0. The number of quaternary nitrogens is 1. The quantitative estimate of drug-likeness (QED) is 0.0220. The van der Waals surface area contributed by atoms with E-state index in [1.807, 2.05) is 41.5 Å². The van der Waals surface area contributed by atoms with Gasteiger partial charge in [-0.3, -0.25) is 48.2 Å². The van der Waals surface area contributed by atoms with Crippen LogP contribution in [0, 0.1) is 28.9 Å². The Hall–Kier alpha value is -6.29. The van der Waals surface area contributed by atoms with Crippen LogP contribution in [0.25, 0.3) is 0 Å². The molecule has 0 spiro atoms. The number of carbonyl (C=O) groups excluding carboxylic acids is 13. The second kappa shape index (κ2) is 89.1. The van der Waals surface area contributed by atoms with E-state index in [2.05, 4.69) is 38.3 Å². The molecule has 4 N–H and O–H groups in total. The van der Waals surface area contributed by atoms with Crippen LogP contribution in [0.1, 0.15) is 507 Å². The van der Waals surface area contributed by atoms with Crippen LogP contribution in [0.15, 0.2) is 24.3 Å². The standard InChI is InChI=1S/C36H61NO5.C28H55NO4.C24H48O2.C16H18N2O6.C9H20N2O3.CH4/c1-2-3-4-5-6-7-8-9-10-11-12-13-14-15-16-19-33(38)20-17-28-42-29-18-21-34(39)32-24-22-31(23-25-32)30-37-35(40)26-27-36(37)41;1-5-6-7-8-9-10-11-12-13-14-15-16-17-18-19-21-26(30)22-20-24-32-25-23-29-27(31)33-28(2,3)4;1-3-5-6-7-8-9-10-11-12-13-14-15-16-17-18-20-24(25)21-19-23-26-22-4-2;19-12-5-6-13(20)17(12)9-10-1-3-11(4-2-10)16(23)18(24)14(21)7-8-15(18)22;1-9(2,3)14-8(12)11-5-7-13-6-4-10;/h26-27,31-32H,2-25,28-30H2,1H3;5-25H2,1-4H3,(H,29,31);3-23H2,1-2H3;5-6,10-11H,1-4,7-9H2;4-7,10H2,1-3H3,(H,11,12);1H4. The van der Waals surface area contributed by atoms with Crippen molar-refractivity contribution >= 4 is 76.7 Å². The lowest BCUT2D eigenvalue weighted by atomic mass is 9.79. The predicted molar refractivity (Wildman–Crippen MR) is 564 cm³/mol. The highest BCUT2D eigenvalue weighted by molar-refractivity contribution is 6.13. The Morgan fingerprint density at radius 1 is 0.329 bits per heavy atom. The van der Waals surface area contributed by atoms with E-state index in [1.165, 1.54) is 304 Å². The van der Waals surface area contributed by atoms with Crippen LogP contribution >= 0.6 is 0 Å². The van der Waals surface area contributed by atoms with Crippen molar-refractivity contribution in [3.63, 3.8) is 0 Å². The number of ether oxygens (including phenoxy) is 6. The smallest absolute Gasteiger partial charge is 0.407 e. The molecule has 9 amide bonds. The number of unbranched alkanes of at least 4 members (excludes halogenated alkanes) is 42. The van der Waals surface area contributed by atoms with Crippen molar-refractivity contribution in [3.8, 4) is 0 Å². The Morgan fingerprint density at radius 2 is 0.571 bits per heavy atom. The summed E-state index contributed by atoms with van der Waals surface area (Å²) in [6.45, 7) is 26.7. The second-order valence-corrected chi connectivity index (χ2v) is 41.6. The molecular formula is C114H206N6O20. The number of rotatable bonds is 80. The number of nitrogens with two attached hydrogens (primary N) is 1. The summed E-state index contributed by atoms with van der Waals surface area (Å²) in [5, 5.41) is 17.6. The molecule has 1 saturated heterocycles. The van der Waals surface area contributed by atoms with Gasteiger partial charge < -0.3 is 50.0 Å². The maximum absolute atomic E-state index is 12.6. The summed E-state index contributed by atoms with van der Waals surface area (Å²) in [5.41, 5.74) is 4.27. The minimum atomic E-state index is -1.94. The zero-order valence-corrected chi connectivity index (χ0v) is 89.8. The third-order valence-corrected chi connectivity index (χ3v) is 26.3. The minimum absolute atomic E-state index is 0. The van der Waals surface area contributed by atoms with Crippen molar-refractivity contribution in [3.05, 3.63) is 29.5 Å². The van der Waals surface area contributed by atoms with Gasteiger partial charge in [0.2, 0.25) is 0 Å². The summed E-state index contributed by atoms with van der Waals surface area (Å²) >= 11 is 0. The lowest BCUT2D eigenvalue weighted by molar-refractivity contribution is -0.644. The van der Waals surface area contributed by atoms with Gasteiger partial charge in [0, 0.05) is 141 Å². The molecule has 5 rings (SSSR count). The molecule has 26 heteroatoms. The number of ketones is 4. The third kappa shape index (κ3) is 74.6. The van der Waals surface area contributed by atoms with E-state index in [0.29, 0.717) is 166 Å². The summed E-state index contributed by atoms with van der Waals surface area (Å²) < 4.78 is 29.9. The van der Waals surface area contributed by atoms with Gasteiger partial charge in [-0.15, -0.1) is 0 Å². The number of imide groups is 5. The lowest BCUT2D eigenvalue weighted by Crippen LogP contribution is -2.55. The molecule has 812 valence electrons. The summed E-state index contributed by atoms with van der Waals surface area (Å²) in [7, 11) is 0. The zero-order valence-electron chi connectivity index (χ0n) is 89.8. The highest BCUT2D eigenvalue weighted by Crippen LogP contribution is 2.36. The molecule has 26 nitrogen and oxygen atoms in total. The molecule has 3 aliphatic heterocycles. The molecule has 0 aromatic rings. The van der Waals surface area contributed by atoms with E-state index in [9.17, 15) is 67.5 Å². The topological polar surface area (TPSA) is 357 Å². The fraction of sp³-hybridized carbons (Fsp3) is 0.851. The van der Waals surface area contributed by atoms with Gasteiger partial charge in [0.15, 0.2) is 0 Å². The highest BCUT2D eigenvalue weighted by Gasteiger charge is 2.52. The molecule has 0 unspecified atom stereocenters. The number of nitrogens with zero attached hydrogens (tertiary/aromatic N) is 3. The van der Waals surface area contributed by atoms with Crippen LogP contribution in [0.2, 0.25) is 0 Å². The number of alkyl carbamates (subject to hydrolysis) is 2. The number of amides is 9. The van der Waals surface area contributed by atoms with Gasteiger partial charge in [-0.05, 0) is 156 Å². The first-order valence-corrected chi connectivity index (χ1v) is 56.3. The molecule has 3 heterocycles. The Kier molecular flexibility index (Phi) is 85.1. The number of hydrogen-bond acceptors (Lipinski definition) is 21. The van der Waals surface area contributed by atoms with Crippen LogP contribution in [-0.2, 0) is 81.2 Å². The lowest BCUT2D eigenvalue weighted by Gasteiger charge is -2.35. The van der Waals surface area contributed by atoms with Crippen LogP contribution < -0.4 is 16.4 Å². The first-order valence-electron chi connectivity index (χ1n) is 56.3. The van der Waals surface area contributed by atoms with E-state index in [1.54, 1.807) is 0 Å². The maximum Gasteiger partial charge on any atom is 0.407 e. The normalized spacial score (nSPS) is 16.6. The van der Waals surface area contributed by atoms with Crippen molar-refractivity contribution in [2.45, 2.75) is 518 Å². The third-order valence-electron chi connectivity index (χ3n) is 26.3. The molecular weight excluding hydrogens is 1770 g/mol. The Morgan fingerprint density at radius 3 is 0.843 bits per heavy atom. The SMILES string of the molecule is C.CC(C)(C)OC(=O)NCCOCCN.CCCCCCCCCCCCCCCCCC(=O)CCCOCCC.CCCCCCCCCCCCCCCCCC(=O)CCCOCCCC(=O)C1CCC(CN2C(=O)C=CC2=O)CC1.CCCCCCCCCCCCCCCCCC(=O)CCCOCCNC(=O)OC(C)(C)C.O=C1C=CC(=O)N1CC1CCC(C(=O)[N+]2([O-])C(=O)CCC2=O)CC1. The number of likely N-dealkylation sites (tertiary alicyclic amines) is 1. The van der Waals surface area contributed by atoms with Gasteiger partial charge in [-0.25, -0.2) is 24.0 Å². The van der Waals surface area contributed by atoms with Crippen LogP contribution in [0.5, 0.6) is 0 Å². The molecule has 0 aromatic carbocycles. The summed E-state index contributed by atoms with van der Waals surface area (Å²) in [6.07, 6.45) is 79.1. The first-order chi connectivity index (χ1) is 67.0. The molecule has 0 bridgehead atoms. The van der Waals surface area contributed by atoms with Crippen molar-refractivity contribution in [1.29, 1.82) is 0 Å². The first kappa shape index (κ1) is 134. The second-order valence-electron chi connectivity index (χ2n) is 41.6. The van der Waals surface area contributed by atoms with E-state index >= 15 is 0 Å². The van der Waals surface area contributed by atoms with E-state index in [-0.39, 0.29) is 55.7 Å². The summed E-state index contributed by atoms with van der Waals surface area (Å²) in [4.78, 5) is 156. The van der Waals surface area contributed by atoms with Crippen molar-refractivity contribution in [1.82, 2.24) is 20.4 Å². The Balaban J connectivity index is 0.00000179. The number of Topliss-reactive ketones (excluding diaryl/α,β-unsaturated/α-hetero) is 4. The summed E-state index contributed by atoms with van der Waals surface area (Å²) in [6, 6.07) is 0. The monoisotopic (exact) mass is 1980 g/mol. The van der Waals surface area contributed by atoms with E-state index in [4.69, 9.17) is 34.2 Å². The van der Waals surface area contributed by atoms with E-state index in [0.717, 1.165) is 96.7 Å². The van der Waals surface area contributed by atoms with Gasteiger partial charge in [-0.2, -0.15) is 4.65 Å². The largest absolute Gasteiger partial charge is 0.610 e. The zero-order chi connectivity index (χ0) is 103. The summed E-state index contributed by atoms with van der Waals surface area (Å²) in [5.74, 6) is -2.42. The number of hydrogen-bond donors (Lipinski definition) is 3. The molecule has 140 heavy (non-hydrogen) atoms. The number of carbonyl (C=O) groups is 13. The number of hydroxylamine groups is 3. The highest BCUT2D eigenvalue weighted by atomic mass is 16.6. The minimum Gasteiger partial charge on any atom is -0.610 e. The average Bonchev–Trinajstić information content (AvgIpc) is 1.62. The van der Waals surface area contributed by atoms with Crippen molar-refractivity contribution in [2.24, 2.45) is 29.4 Å². The predicted octanol–water partition coefficient (Wildman–Crippen LogP) is 26.4. The fourth-order valence-corrected chi connectivity index (χ4v) is 18.0. The molecule has 2 aliphatic carbocycles. The average molecular weight is 1980 g/mol. The Bertz CT molecular complexity index is 3240. The van der Waals surface area contributed by atoms with Crippen LogP contribution in [0.4, 0.5) is 9.59 Å². The van der Waals surface area contributed by atoms with Gasteiger partial charge >= 0.3 is 29.9 Å². The van der Waals surface area contributed by atoms with Gasteiger partial charge in [0.05, 0.1) is 38.6 Å². The van der Waals surface area contributed by atoms with Crippen LogP contribution in [0.3, 0.4) is 0 Å². The van der Waals surface area contributed by atoms with Crippen molar-refractivity contribution < 1.29 is 95.4 Å². The number of nitrogens with one attached hydrogen (secondary N) is 2. The molecule has 2 saturated carbocycles. The van der Waals surface area contributed by atoms with Gasteiger partial charge in [0.1, 0.15) is 34.3 Å². The maximum atomic E-state index is 12.6. The molecule has 0 atom stereocenters. The molecule has 0 radical (unpaired) electrons. The molecule has 5 aliphatic rings. The van der Waals surface area contributed by atoms with Gasteiger partial charge in [0.25, 0.3) is 23.6 Å². The molecule has 3 fully saturated rings. The van der Waals surface area contributed by atoms with E-state index < -0.39 is 51.7 Å². The van der Waals surface area contributed by atoms with Crippen molar-refractivity contribution in [2.75, 3.05) is 85.6 Å². The molecule has 0 aromatic heterocycles. The van der Waals surface area contributed by atoms with Gasteiger partial charge in [-0.1, -0.05) is 305 Å². The Labute approximate surface area is 850 Å².